The molecule has 22 heavy (non-hydrogen) atoms. The van der Waals surface area contributed by atoms with Crippen molar-refractivity contribution in [2.45, 2.75) is 51.4 Å². The predicted molar refractivity (Wildman–Crippen MR) is 77.5 cm³/mol. The van der Waals surface area contributed by atoms with Crippen molar-refractivity contribution in [3.05, 3.63) is 33.6 Å². The molecule has 1 amide bonds. The van der Waals surface area contributed by atoms with E-state index in [0.717, 1.165) is 0 Å². The fourth-order valence-electron chi connectivity index (χ4n) is 2.30. The number of hydrogen-bond donors (Lipinski definition) is 2. The molecule has 0 spiro atoms. The average molecular weight is 309 g/mol. The number of nitrogens with zero attached hydrogens (tertiary/aromatic N) is 2. The molecule has 1 aliphatic carbocycles. The number of amides is 1. The van der Waals surface area contributed by atoms with Crippen molar-refractivity contribution in [2.75, 3.05) is 0 Å². The number of ether oxygens (including phenoxy) is 1. The second-order valence-electron chi connectivity index (χ2n) is 6.28. The monoisotopic (exact) mass is 309 g/mol. The van der Waals surface area contributed by atoms with Crippen molar-refractivity contribution in [3.8, 4) is 0 Å². The summed E-state index contributed by atoms with van der Waals surface area (Å²) >= 11 is 0. The molecule has 1 heterocycles. The first-order valence-electron chi connectivity index (χ1n) is 6.95. The van der Waals surface area contributed by atoms with E-state index in [1.807, 2.05) is 0 Å². The van der Waals surface area contributed by atoms with Crippen LogP contribution in [0.4, 0.5) is 10.5 Å². The van der Waals surface area contributed by atoms with Crippen molar-refractivity contribution < 1.29 is 19.6 Å². The summed E-state index contributed by atoms with van der Waals surface area (Å²) in [7, 11) is 0. The highest BCUT2D eigenvalue weighted by molar-refractivity contribution is 5.68. The van der Waals surface area contributed by atoms with Crippen LogP contribution in [0.5, 0.6) is 0 Å². The van der Waals surface area contributed by atoms with E-state index in [0.29, 0.717) is 17.7 Å². The van der Waals surface area contributed by atoms with Crippen molar-refractivity contribution in [2.24, 2.45) is 0 Å². The number of nitro groups is 1. The van der Waals surface area contributed by atoms with E-state index in [2.05, 4.69) is 10.3 Å². The molecule has 2 atom stereocenters. The maximum Gasteiger partial charge on any atom is 0.407 e. The van der Waals surface area contributed by atoms with Crippen LogP contribution in [0.25, 0.3) is 0 Å². The van der Waals surface area contributed by atoms with Gasteiger partial charge in [-0.15, -0.1) is 0 Å². The Morgan fingerprint density at radius 3 is 2.77 bits per heavy atom. The summed E-state index contributed by atoms with van der Waals surface area (Å²) in [6.07, 6.45) is 0.227. The highest BCUT2D eigenvalue weighted by Gasteiger charge is 2.31. The van der Waals surface area contributed by atoms with E-state index < -0.39 is 28.8 Å². The van der Waals surface area contributed by atoms with Crippen molar-refractivity contribution in [3.63, 3.8) is 0 Å². The smallest absolute Gasteiger partial charge is 0.407 e. The largest absolute Gasteiger partial charge is 0.444 e. The summed E-state index contributed by atoms with van der Waals surface area (Å²) in [5, 5.41) is 23.5. The lowest BCUT2D eigenvalue weighted by Crippen LogP contribution is -2.49. The molecule has 0 bridgehead atoms. The molecule has 0 radical (unpaired) electrons. The zero-order chi connectivity index (χ0) is 16.5. The summed E-state index contributed by atoms with van der Waals surface area (Å²) in [5.41, 5.74) is 0.533. The number of pyridine rings is 1. The summed E-state index contributed by atoms with van der Waals surface area (Å²) in [4.78, 5) is 26.1. The molecule has 2 N–H and O–H groups in total. The number of carbonyl (C=O) groups is 1. The topological polar surface area (TPSA) is 115 Å². The number of rotatable bonds is 2. The lowest BCUT2D eigenvalue weighted by Gasteiger charge is -2.30. The summed E-state index contributed by atoms with van der Waals surface area (Å²) in [5.74, 6) is 0. The van der Waals surface area contributed by atoms with Gasteiger partial charge >= 0.3 is 6.09 Å². The van der Waals surface area contributed by atoms with Crippen LogP contribution in [0, 0.1) is 10.1 Å². The Labute approximate surface area is 127 Å². The molecule has 1 aliphatic rings. The van der Waals surface area contributed by atoms with Gasteiger partial charge in [0.1, 0.15) is 11.8 Å². The molecule has 2 rings (SSSR count). The third kappa shape index (κ3) is 3.91. The Morgan fingerprint density at radius 1 is 1.50 bits per heavy atom. The minimum atomic E-state index is -0.844. The number of aliphatic hydroxyl groups is 1. The first-order valence-corrected chi connectivity index (χ1v) is 6.95. The molecule has 120 valence electrons. The first kappa shape index (κ1) is 16.2. The Hall–Kier alpha value is -2.22. The molecule has 0 fully saturated rings. The highest BCUT2D eigenvalue weighted by Crippen LogP contribution is 2.24. The molecule has 8 heteroatoms. The quantitative estimate of drug-likeness (QED) is 0.629. The molecule has 0 unspecified atom stereocenters. The van der Waals surface area contributed by atoms with E-state index in [1.165, 1.54) is 12.3 Å². The number of alkyl carbamates (subject to hydrolysis) is 1. The Balaban J connectivity index is 2.09. The lowest BCUT2D eigenvalue weighted by molar-refractivity contribution is -0.385. The third-order valence-corrected chi connectivity index (χ3v) is 3.27. The number of fused-ring (bicyclic) bond motifs is 1. The molecule has 0 saturated carbocycles. The molecule has 0 aliphatic heterocycles. The van der Waals surface area contributed by atoms with Gasteiger partial charge in [0.2, 0.25) is 0 Å². The van der Waals surface area contributed by atoms with Gasteiger partial charge in [0.15, 0.2) is 0 Å². The van der Waals surface area contributed by atoms with Crippen molar-refractivity contribution >= 4 is 11.8 Å². The van der Waals surface area contributed by atoms with Gasteiger partial charge in [-0.25, -0.2) is 4.79 Å². The van der Waals surface area contributed by atoms with Gasteiger partial charge in [-0.05, 0) is 26.3 Å². The second-order valence-corrected chi connectivity index (χ2v) is 6.28. The third-order valence-electron chi connectivity index (χ3n) is 3.27. The van der Waals surface area contributed by atoms with Crippen LogP contribution in [0.1, 0.15) is 32.0 Å². The standard InChI is InChI=1S/C14H19N3O5/c1-14(2,3)22-13(19)16-11-6-10-8(5-12(11)18)4-9(7-15-10)17(20)21/h4,7,11-12,18H,5-6H2,1-3H3,(H,16,19)/t11-,12+/m1/s1. The number of aliphatic hydroxyl groups excluding tert-OH is 1. The lowest BCUT2D eigenvalue weighted by atomic mass is 9.89. The SMILES string of the molecule is CC(C)(C)OC(=O)N[C@@H]1Cc2ncc([N+](=O)[O-])cc2C[C@@H]1O. The molecular formula is C14H19N3O5. The maximum atomic E-state index is 11.8. The molecule has 0 saturated heterocycles. The zero-order valence-electron chi connectivity index (χ0n) is 12.7. The predicted octanol–water partition coefficient (Wildman–Crippen LogP) is 1.34. The van der Waals surface area contributed by atoms with E-state index in [-0.39, 0.29) is 12.1 Å². The van der Waals surface area contributed by atoms with E-state index in [1.54, 1.807) is 20.8 Å². The normalized spacial score (nSPS) is 20.9. The van der Waals surface area contributed by atoms with Gasteiger partial charge in [-0.3, -0.25) is 15.1 Å². The molecule has 1 aromatic heterocycles. The van der Waals surface area contributed by atoms with Crippen molar-refractivity contribution in [1.82, 2.24) is 10.3 Å². The van der Waals surface area contributed by atoms with Gasteiger partial charge in [-0.1, -0.05) is 0 Å². The Kier molecular flexibility index (Phi) is 4.32. The summed E-state index contributed by atoms with van der Waals surface area (Å²) in [6.45, 7) is 5.25. The second kappa shape index (κ2) is 5.88. The molecular weight excluding hydrogens is 290 g/mol. The maximum absolute atomic E-state index is 11.8. The van der Waals surface area contributed by atoms with Crippen LogP contribution in [-0.2, 0) is 17.6 Å². The number of aromatic nitrogens is 1. The summed E-state index contributed by atoms with van der Waals surface area (Å²) < 4.78 is 5.16. The zero-order valence-corrected chi connectivity index (χ0v) is 12.7. The minimum Gasteiger partial charge on any atom is -0.444 e. The molecule has 8 nitrogen and oxygen atoms in total. The Bertz CT molecular complexity index is 597. The number of hydrogen-bond acceptors (Lipinski definition) is 6. The number of carbonyl (C=O) groups excluding carboxylic acids is 1. The number of nitrogens with one attached hydrogen (secondary N) is 1. The van der Waals surface area contributed by atoms with Crippen LogP contribution in [0.3, 0.4) is 0 Å². The van der Waals surface area contributed by atoms with Gasteiger partial charge in [0.05, 0.1) is 17.1 Å². The van der Waals surface area contributed by atoms with E-state index in [4.69, 9.17) is 4.74 Å². The average Bonchev–Trinajstić information content (AvgIpc) is 2.36. The minimum absolute atomic E-state index is 0.107. The molecule has 1 aromatic rings. The summed E-state index contributed by atoms with van der Waals surface area (Å²) in [6, 6.07) is 0.881. The fourth-order valence-corrected chi connectivity index (χ4v) is 2.30. The highest BCUT2D eigenvalue weighted by atomic mass is 16.6. The van der Waals surface area contributed by atoms with E-state index in [9.17, 15) is 20.0 Å². The van der Waals surface area contributed by atoms with Crippen LogP contribution < -0.4 is 5.32 Å². The first-order chi connectivity index (χ1) is 10.2. The van der Waals surface area contributed by atoms with Gasteiger partial charge in [0, 0.05) is 24.6 Å². The van der Waals surface area contributed by atoms with E-state index >= 15 is 0 Å². The van der Waals surface area contributed by atoms with Crippen molar-refractivity contribution in [1.29, 1.82) is 0 Å². The Morgan fingerprint density at radius 2 is 2.18 bits per heavy atom. The van der Waals surface area contributed by atoms with Crippen LogP contribution in [0.15, 0.2) is 12.3 Å². The fraction of sp³-hybridized carbons (Fsp3) is 0.571. The van der Waals surface area contributed by atoms with Crippen LogP contribution in [-0.4, -0.2) is 38.9 Å². The molecule has 0 aromatic carbocycles. The van der Waals surface area contributed by atoms with Gasteiger partial charge in [-0.2, -0.15) is 0 Å². The van der Waals surface area contributed by atoms with Gasteiger partial charge in [0.25, 0.3) is 5.69 Å². The van der Waals surface area contributed by atoms with Crippen LogP contribution in [0.2, 0.25) is 0 Å². The van der Waals surface area contributed by atoms with Crippen LogP contribution >= 0.6 is 0 Å². The van der Waals surface area contributed by atoms with Gasteiger partial charge < -0.3 is 15.2 Å².